The molecule has 0 atom stereocenters. The lowest BCUT2D eigenvalue weighted by Crippen LogP contribution is -2.47. The summed E-state index contributed by atoms with van der Waals surface area (Å²) in [6.45, 7) is 0.558. The van der Waals surface area contributed by atoms with Crippen molar-refractivity contribution >= 4 is 11.7 Å². The number of hydrogen-bond donors (Lipinski definition) is 2. The topological polar surface area (TPSA) is 71.0 Å². The van der Waals surface area contributed by atoms with Gasteiger partial charge in [-0.25, -0.2) is 4.79 Å². The Balaban J connectivity index is 1.83. The minimum absolute atomic E-state index is 0.0823. The number of carbonyl (C=O) groups is 1. The highest BCUT2D eigenvalue weighted by molar-refractivity contribution is 5.93. The lowest BCUT2D eigenvalue weighted by molar-refractivity contribution is 0.0840. The number of carbonyl (C=O) groups excluding carboxylic acids is 1. The van der Waals surface area contributed by atoms with Crippen molar-refractivity contribution < 1.29 is 19.4 Å². The fourth-order valence-corrected chi connectivity index (χ4v) is 3.28. The Hall–Kier alpha value is -1.95. The average molecular weight is 306 g/mol. The Morgan fingerprint density at radius 2 is 1.77 bits per heavy atom. The molecule has 22 heavy (non-hydrogen) atoms. The second-order valence-corrected chi connectivity index (χ2v) is 5.88. The molecule has 6 nitrogen and oxygen atoms in total. The summed E-state index contributed by atoms with van der Waals surface area (Å²) in [6, 6.07) is 3.82. The highest BCUT2D eigenvalue weighted by atomic mass is 16.5. The zero-order valence-corrected chi connectivity index (χ0v) is 13.0. The number of urea groups is 1. The number of benzene rings is 1. The van der Waals surface area contributed by atoms with Crippen LogP contribution < -0.4 is 14.8 Å². The molecule has 120 valence electrons. The second kappa shape index (κ2) is 6.04. The first kappa shape index (κ1) is 15.0. The van der Waals surface area contributed by atoms with E-state index in [1.807, 2.05) is 11.0 Å². The van der Waals surface area contributed by atoms with Crippen molar-refractivity contribution in [1.29, 1.82) is 0 Å². The quantitative estimate of drug-likeness (QED) is 0.899. The van der Waals surface area contributed by atoms with E-state index in [1.54, 1.807) is 20.3 Å². The average Bonchev–Trinajstić information content (AvgIpc) is 2.54. The van der Waals surface area contributed by atoms with Crippen molar-refractivity contribution in [2.75, 3.05) is 19.5 Å². The number of fused-ring (bicyclic) bond motifs is 1. The van der Waals surface area contributed by atoms with E-state index in [0.717, 1.165) is 36.9 Å². The third kappa shape index (κ3) is 2.70. The normalized spacial score (nSPS) is 24.5. The first-order valence-electron chi connectivity index (χ1n) is 7.63. The molecule has 1 aromatic carbocycles. The van der Waals surface area contributed by atoms with E-state index >= 15 is 0 Å². The molecule has 1 fully saturated rings. The molecule has 3 rings (SSSR count). The van der Waals surface area contributed by atoms with Crippen LogP contribution in [0.3, 0.4) is 0 Å². The lowest BCUT2D eigenvalue weighted by atomic mass is 9.91. The van der Waals surface area contributed by atoms with Crippen LogP contribution in [0.15, 0.2) is 12.1 Å². The van der Waals surface area contributed by atoms with Crippen LogP contribution >= 0.6 is 0 Å². The molecule has 0 unspecified atom stereocenters. The molecule has 1 heterocycles. The van der Waals surface area contributed by atoms with Gasteiger partial charge in [0, 0.05) is 18.7 Å². The van der Waals surface area contributed by atoms with Gasteiger partial charge in [-0.1, -0.05) is 0 Å². The molecule has 1 aromatic rings. The van der Waals surface area contributed by atoms with Crippen LogP contribution in [0, 0.1) is 0 Å². The summed E-state index contributed by atoms with van der Waals surface area (Å²) in [7, 11) is 3.18. The molecule has 1 aliphatic carbocycles. The number of methoxy groups -OCH3 is 2. The van der Waals surface area contributed by atoms with Gasteiger partial charge in [-0.05, 0) is 37.3 Å². The lowest BCUT2D eigenvalue weighted by Gasteiger charge is -2.38. The van der Waals surface area contributed by atoms with Gasteiger partial charge in [0.15, 0.2) is 11.5 Å². The fourth-order valence-electron chi connectivity index (χ4n) is 3.28. The molecular formula is C16H22N2O4. The number of aliphatic hydroxyl groups is 1. The highest BCUT2D eigenvalue weighted by Gasteiger charge is 2.32. The largest absolute Gasteiger partial charge is 0.493 e. The molecular weight excluding hydrogens is 284 g/mol. The van der Waals surface area contributed by atoms with E-state index in [2.05, 4.69) is 5.32 Å². The van der Waals surface area contributed by atoms with E-state index in [9.17, 15) is 9.90 Å². The third-order valence-corrected chi connectivity index (χ3v) is 4.56. The van der Waals surface area contributed by atoms with Gasteiger partial charge in [-0.3, -0.25) is 0 Å². The van der Waals surface area contributed by atoms with Gasteiger partial charge in [-0.15, -0.1) is 0 Å². The molecule has 2 N–H and O–H groups in total. The van der Waals surface area contributed by atoms with Crippen molar-refractivity contribution in [3.8, 4) is 11.5 Å². The van der Waals surface area contributed by atoms with Gasteiger partial charge in [0.05, 0.1) is 26.0 Å². The molecule has 6 heteroatoms. The van der Waals surface area contributed by atoms with Gasteiger partial charge in [0.1, 0.15) is 0 Å². The summed E-state index contributed by atoms with van der Waals surface area (Å²) < 4.78 is 10.6. The van der Waals surface area contributed by atoms with Crippen LogP contribution in [0.5, 0.6) is 11.5 Å². The summed E-state index contributed by atoms with van der Waals surface area (Å²) in [6.07, 6.45) is 2.98. The third-order valence-electron chi connectivity index (χ3n) is 4.56. The van der Waals surface area contributed by atoms with Gasteiger partial charge in [0.2, 0.25) is 0 Å². The molecule has 0 saturated heterocycles. The minimum atomic E-state index is -0.222. The predicted molar refractivity (Wildman–Crippen MR) is 82.4 cm³/mol. The van der Waals surface area contributed by atoms with Crippen LogP contribution in [0.25, 0.3) is 0 Å². The number of hydrogen-bond acceptors (Lipinski definition) is 4. The predicted octanol–water partition coefficient (Wildman–Crippen LogP) is 2.35. The number of ether oxygens (including phenoxy) is 2. The van der Waals surface area contributed by atoms with E-state index in [0.29, 0.717) is 18.0 Å². The highest BCUT2D eigenvalue weighted by Crippen LogP contribution is 2.37. The SMILES string of the molecule is COc1cc2c(cc1OC)NC(=O)N(C1CCC(O)CC1)C2. The maximum absolute atomic E-state index is 12.4. The van der Waals surface area contributed by atoms with Crippen molar-refractivity contribution in [3.05, 3.63) is 17.7 Å². The van der Waals surface area contributed by atoms with Gasteiger partial charge >= 0.3 is 6.03 Å². The molecule has 2 amide bonds. The van der Waals surface area contributed by atoms with Crippen LogP contribution in [0.1, 0.15) is 31.2 Å². The van der Waals surface area contributed by atoms with Crippen LogP contribution in [0.4, 0.5) is 10.5 Å². The van der Waals surface area contributed by atoms with Crippen LogP contribution in [0.2, 0.25) is 0 Å². The summed E-state index contributed by atoms with van der Waals surface area (Å²) in [5.74, 6) is 1.27. The Labute approximate surface area is 130 Å². The number of amides is 2. The molecule has 0 radical (unpaired) electrons. The summed E-state index contributed by atoms with van der Waals surface area (Å²) in [5, 5.41) is 12.6. The molecule has 0 aromatic heterocycles. The standard InChI is InChI=1S/C16H22N2O4/c1-21-14-7-10-9-18(11-3-5-12(19)6-4-11)16(20)17-13(10)8-15(14)22-2/h7-8,11-12,19H,3-6,9H2,1-2H3,(H,17,20). The maximum atomic E-state index is 12.4. The van der Waals surface area contributed by atoms with Crippen molar-refractivity contribution in [2.45, 2.75) is 44.4 Å². The van der Waals surface area contributed by atoms with Gasteiger partial charge in [-0.2, -0.15) is 0 Å². The Morgan fingerprint density at radius 3 is 2.41 bits per heavy atom. The van der Waals surface area contributed by atoms with Gasteiger partial charge in [0.25, 0.3) is 0 Å². The smallest absolute Gasteiger partial charge is 0.322 e. The maximum Gasteiger partial charge on any atom is 0.322 e. The molecule has 0 bridgehead atoms. The van der Waals surface area contributed by atoms with E-state index in [4.69, 9.17) is 9.47 Å². The Morgan fingerprint density at radius 1 is 1.14 bits per heavy atom. The number of anilines is 1. The van der Waals surface area contributed by atoms with Crippen molar-refractivity contribution in [3.63, 3.8) is 0 Å². The fraction of sp³-hybridized carbons (Fsp3) is 0.562. The zero-order valence-electron chi connectivity index (χ0n) is 13.0. The van der Waals surface area contributed by atoms with E-state index < -0.39 is 0 Å². The first-order chi connectivity index (χ1) is 10.6. The van der Waals surface area contributed by atoms with E-state index in [1.165, 1.54) is 0 Å². The number of rotatable bonds is 3. The van der Waals surface area contributed by atoms with Crippen molar-refractivity contribution in [1.82, 2.24) is 4.90 Å². The number of nitrogens with zero attached hydrogens (tertiary/aromatic N) is 1. The zero-order chi connectivity index (χ0) is 15.7. The summed E-state index contributed by atoms with van der Waals surface area (Å²) in [4.78, 5) is 14.2. The minimum Gasteiger partial charge on any atom is -0.493 e. The molecule has 0 spiro atoms. The van der Waals surface area contributed by atoms with Crippen LogP contribution in [-0.2, 0) is 6.54 Å². The molecule has 2 aliphatic rings. The Kier molecular flexibility index (Phi) is 4.11. The van der Waals surface area contributed by atoms with Crippen LogP contribution in [-0.4, -0.2) is 42.4 Å². The molecule has 1 aliphatic heterocycles. The summed E-state index contributed by atoms with van der Waals surface area (Å²) in [5.41, 5.74) is 1.79. The Bertz CT molecular complexity index is 568. The second-order valence-electron chi connectivity index (χ2n) is 5.88. The van der Waals surface area contributed by atoms with E-state index in [-0.39, 0.29) is 18.2 Å². The van der Waals surface area contributed by atoms with Crippen molar-refractivity contribution in [2.24, 2.45) is 0 Å². The molecule has 1 saturated carbocycles. The number of aliphatic hydroxyl groups excluding tert-OH is 1. The first-order valence-corrected chi connectivity index (χ1v) is 7.63. The van der Waals surface area contributed by atoms with Gasteiger partial charge < -0.3 is 24.8 Å². The monoisotopic (exact) mass is 306 g/mol. The number of nitrogens with one attached hydrogen (secondary N) is 1. The summed E-state index contributed by atoms with van der Waals surface area (Å²) >= 11 is 0.